The van der Waals surface area contributed by atoms with Crippen LogP contribution in [-0.2, 0) is 17.8 Å². The maximum absolute atomic E-state index is 13.7. The number of halogens is 6. The van der Waals surface area contributed by atoms with E-state index in [1.54, 1.807) is 0 Å². The average molecular weight is 488 g/mol. The lowest BCUT2D eigenvalue weighted by molar-refractivity contribution is -0.116. The number of carbonyl (C=O) groups excluding carboxylic acids is 2. The van der Waals surface area contributed by atoms with Gasteiger partial charge in [0.05, 0.1) is 22.2 Å². The Bertz CT molecular complexity index is 1120. The molecule has 1 aliphatic rings. The molecule has 1 N–H and O–H groups in total. The van der Waals surface area contributed by atoms with Crippen LogP contribution >= 0.6 is 23.2 Å². The maximum Gasteiger partial charge on any atom is 0.417 e. The Morgan fingerprint density at radius 3 is 2.44 bits per heavy atom. The van der Waals surface area contributed by atoms with Gasteiger partial charge in [0.2, 0.25) is 5.91 Å². The Morgan fingerprint density at radius 1 is 1.19 bits per heavy atom. The van der Waals surface area contributed by atoms with Crippen molar-refractivity contribution in [2.45, 2.75) is 19.1 Å². The lowest BCUT2D eigenvalue weighted by Gasteiger charge is -2.14. The van der Waals surface area contributed by atoms with E-state index >= 15 is 0 Å². The van der Waals surface area contributed by atoms with Gasteiger partial charge in [-0.3, -0.25) is 9.59 Å². The summed E-state index contributed by atoms with van der Waals surface area (Å²) in [7, 11) is 0. The summed E-state index contributed by atoms with van der Waals surface area (Å²) in [5.74, 6) is -2.04. The van der Waals surface area contributed by atoms with Crippen molar-refractivity contribution in [1.29, 1.82) is 0 Å². The molecule has 0 aromatic heterocycles. The van der Waals surface area contributed by atoms with Crippen molar-refractivity contribution in [2.75, 3.05) is 6.61 Å². The van der Waals surface area contributed by atoms with Gasteiger partial charge in [0, 0.05) is 29.7 Å². The predicted octanol–water partition coefficient (Wildman–Crippen LogP) is 5.70. The summed E-state index contributed by atoms with van der Waals surface area (Å²) in [6, 6.07) is 4.39. The number of ether oxygens (including phenoxy) is 1. The maximum atomic E-state index is 13.7. The summed E-state index contributed by atoms with van der Waals surface area (Å²) in [5.41, 5.74) is -0.827. The second-order valence-corrected chi connectivity index (χ2v) is 7.59. The number of benzene rings is 2. The Balaban J connectivity index is 2.02. The molecule has 1 aliphatic heterocycles. The minimum atomic E-state index is -4.94. The average Bonchev–Trinajstić information content (AvgIpc) is 3.22. The molecule has 1 heterocycles. The standard InChI is InChI=1S/C22H15Cl2F4NO3/c1-2-19(31)29-10-11-3-4-13(14-5-6-32-21(11)14)18(30)9-15(22(26,27)28)12-7-16(23)20(25)17(24)8-12/h2-4,7-9H,1,5-6,10H2,(H,29,31)/b15-9+. The summed E-state index contributed by atoms with van der Waals surface area (Å²) >= 11 is 11.3. The third kappa shape index (κ3) is 4.97. The monoisotopic (exact) mass is 487 g/mol. The lowest BCUT2D eigenvalue weighted by atomic mass is 9.95. The number of fused-ring (bicyclic) bond motifs is 1. The third-order valence-corrected chi connectivity index (χ3v) is 5.27. The largest absolute Gasteiger partial charge is 0.493 e. The molecule has 4 nitrogen and oxygen atoms in total. The van der Waals surface area contributed by atoms with Crippen LogP contribution in [0.4, 0.5) is 17.6 Å². The molecule has 32 heavy (non-hydrogen) atoms. The van der Waals surface area contributed by atoms with Crippen molar-refractivity contribution >= 4 is 40.5 Å². The molecule has 3 rings (SSSR count). The van der Waals surface area contributed by atoms with Crippen molar-refractivity contribution in [3.63, 3.8) is 0 Å². The first-order valence-electron chi connectivity index (χ1n) is 9.19. The fourth-order valence-electron chi connectivity index (χ4n) is 3.23. The zero-order valence-corrected chi connectivity index (χ0v) is 17.8. The normalized spacial score (nSPS) is 13.4. The number of nitrogens with one attached hydrogen (secondary N) is 1. The van der Waals surface area contributed by atoms with Crippen LogP contribution in [0, 0.1) is 5.82 Å². The summed E-state index contributed by atoms with van der Waals surface area (Å²) < 4.78 is 60.3. The van der Waals surface area contributed by atoms with Crippen LogP contribution < -0.4 is 10.1 Å². The Hall–Kier alpha value is -2.84. The van der Waals surface area contributed by atoms with E-state index in [0.29, 0.717) is 29.4 Å². The molecule has 0 aliphatic carbocycles. The Morgan fingerprint density at radius 2 is 1.84 bits per heavy atom. The highest BCUT2D eigenvalue weighted by Crippen LogP contribution is 2.39. The minimum Gasteiger partial charge on any atom is -0.493 e. The highest BCUT2D eigenvalue weighted by atomic mass is 35.5. The fraction of sp³-hybridized carbons (Fsp3) is 0.182. The van der Waals surface area contributed by atoms with Crippen molar-refractivity contribution in [3.05, 3.63) is 81.1 Å². The van der Waals surface area contributed by atoms with Gasteiger partial charge in [-0.05, 0) is 29.8 Å². The number of allylic oxidation sites excluding steroid dienone is 2. The molecule has 0 unspecified atom stereocenters. The number of carbonyl (C=O) groups is 2. The summed E-state index contributed by atoms with van der Waals surface area (Å²) in [6.07, 6.45) is -3.11. The molecule has 0 fully saturated rings. The van der Waals surface area contributed by atoms with Crippen LogP contribution in [0.3, 0.4) is 0 Å². The van der Waals surface area contributed by atoms with Crippen LogP contribution in [0.15, 0.2) is 43.0 Å². The molecular weight excluding hydrogens is 473 g/mol. The summed E-state index contributed by atoms with van der Waals surface area (Å²) in [4.78, 5) is 24.2. The van der Waals surface area contributed by atoms with E-state index in [4.69, 9.17) is 27.9 Å². The first-order valence-corrected chi connectivity index (χ1v) is 9.94. The minimum absolute atomic E-state index is 0.0253. The predicted molar refractivity (Wildman–Crippen MR) is 112 cm³/mol. The second-order valence-electron chi connectivity index (χ2n) is 6.77. The first kappa shape index (κ1) is 23.8. The SMILES string of the molecule is C=CC(=O)NCc1ccc(C(=O)/C=C(\c2cc(Cl)c(F)c(Cl)c2)C(F)(F)F)c2c1OCC2. The Labute approximate surface area is 190 Å². The van der Waals surface area contributed by atoms with Gasteiger partial charge in [-0.2, -0.15) is 13.2 Å². The molecule has 10 heteroatoms. The van der Waals surface area contributed by atoms with Crippen LogP contribution in [0.25, 0.3) is 5.57 Å². The number of rotatable bonds is 6. The molecule has 0 radical (unpaired) electrons. The van der Waals surface area contributed by atoms with Crippen LogP contribution in [0.1, 0.15) is 27.0 Å². The van der Waals surface area contributed by atoms with E-state index in [-0.39, 0.29) is 18.7 Å². The zero-order valence-electron chi connectivity index (χ0n) is 16.3. The van der Waals surface area contributed by atoms with E-state index in [9.17, 15) is 27.2 Å². The molecule has 0 saturated carbocycles. The molecule has 0 spiro atoms. The number of hydrogen-bond donors (Lipinski definition) is 1. The number of amides is 1. The number of hydrogen-bond acceptors (Lipinski definition) is 3. The van der Waals surface area contributed by atoms with Gasteiger partial charge >= 0.3 is 6.18 Å². The number of alkyl halides is 3. The van der Waals surface area contributed by atoms with E-state index in [2.05, 4.69) is 11.9 Å². The van der Waals surface area contributed by atoms with Gasteiger partial charge in [-0.1, -0.05) is 41.9 Å². The summed E-state index contributed by atoms with van der Waals surface area (Å²) in [5, 5.41) is 1.37. The smallest absolute Gasteiger partial charge is 0.417 e. The lowest BCUT2D eigenvalue weighted by Crippen LogP contribution is -2.20. The van der Waals surface area contributed by atoms with Gasteiger partial charge in [0.25, 0.3) is 0 Å². The van der Waals surface area contributed by atoms with Gasteiger partial charge in [-0.25, -0.2) is 4.39 Å². The molecule has 2 aromatic rings. The molecule has 2 aromatic carbocycles. The summed E-state index contributed by atoms with van der Waals surface area (Å²) in [6.45, 7) is 3.68. The topological polar surface area (TPSA) is 55.4 Å². The van der Waals surface area contributed by atoms with E-state index in [1.165, 1.54) is 12.1 Å². The van der Waals surface area contributed by atoms with Crippen LogP contribution in [-0.4, -0.2) is 24.5 Å². The van der Waals surface area contributed by atoms with Gasteiger partial charge in [0.15, 0.2) is 11.6 Å². The molecule has 0 saturated heterocycles. The van der Waals surface area contributed by atoms with Gasteiger partial charge in [0.1, 0.15) is 5.75 Å². The highest BCUT2D eigenvalue weighted by molar-refractivity contribution is 6.35. The Kier molecular flexibility index (Phi) is 6.95. The molecule has 0 bridgehead atoms. The molecule has 168 valence electrons. The quantitative estimate of drug-likeness (QED) is 0.246. The van der Waals surface area contributed by atoms with Crippen molar-refractivity contribution < 1.29 is 31.9 Å². The second kappa shape index (κ2) is 9.34. The first-order chi connectivity index (χ1) is 15.0. The van der Waals surface area contributed by atoms with E-state index < -0.39 is 44.9 Å². The zero-order chi connectivity index (χ0) is 23.6. The van der Waals surface area contributed by atoms with Crippen LogP contribution in [0.2, 0.25) is 10.0 Å². The van der Waals surface area contributed by atoms with Gasteiger partial charge < -0.3 is 10.1 Å². The molecule has 1 amide bonds. The third-order valence-electron chi connectivity index (χ3n) is 4.72. The van der Waals surface area contributed by atoms with Crippen molar-refractivity contribution in [2.24, 2.45) is 0 Å². The van der Waals surface area contributed by atoms with E-state index in [1.807, 2.05) is 0 Å². The highest BCUT2D eigenvalue weighted by Gasteiger charge is 2.36. The fourth-order valence-corrected chi connectivity index (χ4v) is 3.72. The molecular formula is C22H15Cl2F4NO3. The number of ketones is 1. The van der Waals surface area contributed by atoms with Crippen LogP contribution in [0.5, 0.6) is 5.75 Å². The van der Waals surface area contributed by atoms with Gasteiger partial charge in [-0.15, -0.1) is 0 Å². The van der Waals surface area contributed by atoms with Crippen molar-refractivity contribution in [1.82, 2.24) is 5.32 Å². The van der Waals surface area contributed by atoms with E-state index in [0.717, 1.165) is 18.2 Å². The van der Waals surface area contributed by atoms with Crippen molar-refractivity contribution in [3.8, 4) is 5.75 Å². The molecule has 0 atom stereocenters.